The number of carbonyl (C=O) groups excluding carboxylic acids is 1. The Morgan fingerprint density at radius 3 is 2.95 bits per heavy atom. The summed E-state index contributed by atoms with van der Waals surface area (Å²) in [5.41, 5.74) is 0. The second kappa shape index (κ2) is 6.13. The molecule has 0 spiro atoms. The highest BCUT2D eigenvalue weighted by Crippen LogP contribution is 2.22. The zero-order valence-electron chi connectivity index (χ0n) is 11.8. The van der Waals surface area contributed by atoms with Crippen LogP contribution in [0.1, 0.15) is 12.2 Å². The summed E-state index contributed by atoms with van der Waals surface area (Å²) in [6.07, 6.45) is 1.92. The van der Waals surface area contributed by atoms with Gasteiger partial charge in [-0.2, -0.15) is 0 Å². The van der Waals surface area contributed by atoms with Crippen LogP contribution in [0.2, 0.25) is 0 Å². The molecule has 0 saturated carbocycles. The molecule has 1 atom stereocenters. The fourth-order valence-electron chi connectivity index (χ4n) is 2.45. The lowest BCUT2D eigenvalue weighted by molar-refractivity contribution is 0.222. The highest BCUT2D eigenvalue weighted by Gasteiger charge is 2.35. The number of amides is 2. The van der Waals surface area contributed by atoms with Crippen LogP contribution in [0.15, 0.2) is 40.3 Å². The monoisotopic (exact) mass is 340 g/mol. The van der Waals surface area contributed by atoms with E-state index in [0.29, 0.717) is 18.7 Å². The Balaban J connectivity index is 1.60. The molecule has 118 valence electrons. The lowest BCUT2D eigenvalue weighted by Crippen LogP contribution is -2.35. The summed E-state index contributed by atoms with van der Waals surface area (Å²) in [5.74, 6) is 0.312. The topological polar surface area (TPSA) is 79.6 Å². The number of thiophene rings is 1. The van der Waals surface area contributed by atoms with E-state index in [1.165, 1.54) is 17.6 Å². The lowest BCUT2D eigenvalue weighted by atomic mass is 10.4. The van der Waals surface area contributed by atoms with E-state index in [0.717, 1.165) is 5.00 Å². The molecule has 1 saturated heterocycles. The Hall–Kier alpha value is -1.80. The van der Waals surface area contributed by atoms with Gasteiger partial charge in [0.15, 0.2) is 9.84 Å². The summed E-state index contributed by atoms with van der Waals surface area (Å²) >= 11 is 1.43. The van der Waals surface area contributed by atoms with E-state index >= 15 is 0 Å². The van der Waals surface area contributed by atoms with Crippen LogP contribution >= 0.6 is 11.3 Å². The molecule has 3 heterocycles. The van der Waals surface area contributed by atoms with Gasteiger partial charge in [0.1, 0.15) is 11.5 Å². The van der Waals surface area contributed by atoms with E-state index in [1.807, 2.05) is 17.5 Å². The number of hydrogen-bond acceptors (Lipinski definition) is 5. The molecule has 8 heteroatoms. The third-order valence-electron chi connectivity index (χ3n) is 3.61. The number of furan rings is 1. The maximum atomic E-state index is 12.4. The largest absolute Gasteiger partial charge is 0.468 e. The van der Waals surface area contributed by atoms with E-state index in [2.05, 4.69) is 5.32 Å². The van der Waals surface area contributed by atoms with Crippen LogP contribution in [0.25, 0.3) is 0 Å². The minimum atomic E-state index is -3.32. The smallest absolute Gasteiger partial charge is 0.322 e. The van der Waals surface area contributed by atoms with Crippen LogP contribution in [0.3, 0.4) is 0 Å². The van der Waals surface area contributed by atoms with Gasteiger partial charge in [0.05, 0.1) is 16.5 Å². The average molecular weight is 340 g/mol. The Morgan fingerprint density at radius 1 is 1.41 bits per heavy atom. The van der Waals surface area contributed by atoms with Crippen LogP contribution in [0.5, 0.6) is 0 Å². The first-order valence-electron chi connectivity index (χ1n) is 6.88. The number of carbonyl (C=O) groups is 1. The zero-order valence-corrected chi connectivity index (χ0v) is 13.4. The van der Waals surface area contributed by atoms with Gasteiger partial charge in [0, 0.05) is 13.1 Å². The van der Waals surface area contributed by atoms with Gasteiger partial charge in [-0.3, -0.25) is 5.32 Å². The molecule has 2 aromatic heterocycles. The van der Waals surface area contributed by atoms with Gasteiger partial charge in [-0.05, 0) is 36.1 Å². The summed E-state index contributed by atoms with van der Waals surface area (Å²) in [6, 6.07) is 6.72. The number of rotatable bonds is 4. The SMILES string of the molecule is O=C(Nc1cccs1)N1CC[C@@H](S(=O)(=O)Cc2ccco2)C1. The predicted molar refractivity (Wildman–Crippen MR) is 84.6 cm³/mol. The van der Waals surface area contributed by atoms with Gasteiger partial charge in [-0.25, -0.2) is 13.2 Å². The van der Waals surface area contributed by atoms with E-state index in [9.17, 15) is 13.2 Å². The third-order valence-corrected chi connectivity index (χ3v) is 6.49. The van der Waals surface area contributed by atoms with E-state index in [1.54, 1.807) is 17.0 Å². The van der Waals surface area contributed by atoms with Crippen molar-refractivity contribution in [2.45, 2.75) is 17.4 Å². The zero-order chi connectivity index (χ0) is 15.6. The number of urea groups is 1. The third kappa shape index (κ3) is 3.33. The van der Waals surface area contributed by atoms with Gasteiger partial charge in [-0.15, -0.1) is 11.3 Å². The van der Waals surface area contributed by atoms with Gasteiger partial charge in [0.2, 0.25) is 0 Å². The van der Waals surface area contributed by atoms with Crippen LogP contribution in [-0.4, -0.2) is 37.7 Å². The van der Waals surface area contributed by atoms with E-state index < -0.39 is 15.1 Å². The maximum absolute atomic E-state index is 12.4. The molecule has 3 rings (SSSR count). The molecule has 0 radical (unpaired) electrons. The second-order valence-electron chi connectivity index (χ2n) is 5.15. The number of likely N-dealkylation sites (tertiary alicyclic amines) is 1. The molecule has 6 nitrogen and oxygen atoms in total. The van der Waals surface area contributed by atoms with E-state index in [-0.39, 0.29) is 18.3 Å². The Bertz CT molecular complexity index is 723. The molecule has 0 aliphatic carbocycles. The van der Waals surface area contributed by atoms with Crippen molar-refractivity contribution in [1.82, 2.24) is 4.90 Å². The first kappa shape index (κ1) is 15.1. The molecular weight excluding hydrogens is 324 g/mol. The quantitative estimate of drug-likeness (QED) is 0.927. The first-order chi connectivity index (χ1) is 10.5. The number of anilines is 1. The molecule has 2 amide bonds. The molecule has 1 fully saturated rings. The van der Waals surface area contributed by atoms with Crippen molar-refractivity contribution in [3.8, 4) is 0 Å². The highest BCUT2D eigenvalue weighted by atomic mass is 32.2. The lowest BCUT2D eigenvalue weighted by Gasteiger charge is -2.16. The first-order valence-corrected chi connectivity index (χ1v) is 9.47. The predicted octanol–water partition coefficient (Wildman–Crippen LogP) is 2.56. The van der Waals surface area contributed by atoms with Gasteiger partial charge in [0.25, 0.3) is 0 Å². The van der Waals surface area contributed by atoms with Crippen molar-refractivity contribution in [2.24, 2.45) is 0 Å². The molecule has 1 aliphatic rings. The minimum Gasteiger partial charge on any atom is -0.468 e. The van der Waals surface area contributed by atoms with Crippen molar-refractivity contribution in [2.75, 3.05) is 18.4 Å². The average Bonchev–Trinajstić information content (AvgIpc) is 3.20. The summed E-state index contributed by atoms with van der Waals surface area (Å²) in [7, 11) is -3.32. The normalized spacial score (nSPS) is 18.5. The molecule has 0 unspecified atom stereocenters. The Morgan fingerprint density at radius 2 is 2.27 bits per heavy atom. The fraction of sp³-hybridized carbons (Fsp3) is 0.357. The molecule has 1 aliphatic heterocycles. The number of hydrogen-bond donors (Lipinski definition) is 1. The van der Waals surface area contributed by atoms with E-state index in [4.69, 9.17) is 4.42 Å². The Kier molecular flexibility index (Phi) is 4.21. The number of nitrogens with one attached hydrogen (secondary N) is 1. The van der Waals surface area contributed by atoms with Crippen molar-refractivity contribution >= 4 is 32.2 Å². The molecule has 2 aromatic rings. The fourth-order valence-corrected chi connectivity index (χ4v) is 4.73. The molecule has 22 heavy (non-hydrogen) atoms. The van der Waals surface area contributed by atoms with Crippen LogP contribution in [0, 0.1) is 0 Å². The molecule has 0 bridgehead atoms. The summed E-state index contributed by atoms with van der Waals surface area (Å²) in [5, 5.41) is 4.87. The van der Waals surface area contributed by atoms with Gasteiger partial charge < -0.3 is 9.32 Å². The van der Waals surface area contributed by atoms with Gasteiger partial charge >= 0.3 is 6.03 Å². The highest BCUT2D eigenvalue weighted by molar-refractivity contribution is 7.91. The molecule has 0 aromatic carbocycles. The van der Waals surface area contributed by atoms with Crippen molar-refractivity contribution in [1.29, 1.82) is 0 Å². The van der Waals surface area contributed by atoms with Crippen LogP contribution in [-0.2, 0) is 15.6 Å². The minimum absolute atomic E-state index is 0.120. The number of sulfone groups is 1. The van der Waals surface area contributed by atoms with Crippen LogP contribution in [0.4, 0.5) is 9.80 Å². The Labute approximate surface area is 132 Å². The summed E-state index contributed by atoms with van der Waals surface area (Å²) in [6.45, 7) is 0.666. The van der Waals surface area contributed by atoms with Crippen LogP contribution < -0.4 is 5.32 Å². The molecule has 1 N–H and O–H groups in total. The maximum Gasteiger partial charge on any atom is 0.322 e. The van der Waals surface area contributed by atoms with Crippen molar-refractivity contribution in [3.63, 3.8) is 0 Å². The molecular formula is C14H16N2O4S2. The van der Waals surface area contributed by atoms with Crippen molar-refractivity contribution < 1.29 is 17.6 Å². The van der Waals surface area contributed by atoms with Crippen molar-refractivity contribution in [3.05, 3.63) is 41.7 Å². The summed E-state index contributed by atoms with van der Waals surface area (Å²) in [4.78, 5) is 13.7. The standard InChI is InChI=1S/C14H16N2O4S2/c17-14(15-13-4-2-8-21-13)16-6-5-12(9-16)22(18,19)10-11-3-1-7-20-11/h1-4,7-8,12H,5-6,9-10H2,(H,15,17)/t12-/m1/s1. The summed E-state index contributed by atoms with van der Waals surface area (Å²) < 4.78 is 29.8. The van der Waals surface area contributed by atoms with Gasteiger partial charge in [-0.1, -0.05) is 0 Å². The number of nitrogens with zero attached hydrogens (tertiary/aromatic N) is 1. The second-order valence-corrected chi connectivity index (χ2v) is 8.38.